The zero-order chi connectivity index (χ0) is 22.6. The Balaban J connectivity index is 0.00000218. The SMILES string of the molecule is CC(C)([S-])C[N-]C[C@@H](CN1CCN(Cc2ccccc2)CC1)[N-]CC(C)(C)[S-].[O]=[99Tc+4]. The van der Waals surface area contributed by atoms with Crippen LogP contribution in [0.1, 0.15) is 33.3 Å². The van der Waals surface area contributed by atoms with Crippen molar-refractivity contribution in [2.24, 2.45) is 0 Å². The average Bonchev–Trinajstić information content (AvgIpc) is 2.68. The number of rotatable bonds is 11. The van der Waals surface area contributed by atoms with Gasteiger partial charge < -0.3 is 40.8 Å². The third-order valence-electron chi connectivity index (χ3n) is 4.75. The van der Waals surface area contributed by atoms with E-state index in [9.17, 15) is 0 Å². The average molecular weight is 536 g/mol. The van der Waals surface area contributed by atoms with E-state index in [0.717, 1.165) is 64.7 Å². The third-order valence-corrected chi connectivity index (χ3v) is 5.00. The van der Waals surface area contributed by atoms with Crippen molar-refractivity contribution in [2.45, 2.75) is 49.8 Å². The van der Waals surface area contributed by atoms with Crippen molar-refractivity contribution in [1.82, 2.24) is 9.80 Å². The van der Waals surface area contributed by atoms with Crippen molar-refractivity contribution in [3.05, 3.63) is 46.5 Å². The van der Waals surface area contributed by atoms with Gasteiger partial charge in [-0.15, -0.1) is 6.04 Å². The summed E-state index contributed by atoms with van der Waals surface area (Å²) < 4.78 is 7.85. The molecule has 0 bridgehead atoms. The Labute approximate surface area is 205 Å². The van der Waals surface area contributed by atoms with Gasteiger partial charge >= 0.3 is 22.4 Å². The molecule has 2 rings (SSSR count). The van der Waals surface area contributed by atoms with Crippen LogP contribution >= 0.6 is 0 Å². The van der Waals surface area contributed by atoms with E-state index in [1.54, 1.807) is 0 Å². The first-order chi connectivity index (χ1) is 14.1. The molecule has 0 radical (unpaired) electrons. The Morgan fingerprint density at radius 3 is 2.00 bits per heavy atom. The number of hydrogen-bond donors (Lipinski definition) is 0. The summed E-state index contributed by atoms with van der Waals surface area (Å²) in [5, 5.41) is 9.62. The molecule has 0 aliphatic carbocycles. The fourth-order valence-corrected chi connectivity index (χ4v) is 3.44. The first-order valence-electron chi connectivity index (χ1n) is 10.5. The van der Waals surface area contributed by atoms with Gasteiger partial charge in [-0.05, 0) is 12.1 Å². The molecular weight excluding hydrogens is 499 g/mol. The van der Waals surface area contributed by atoms with E-state index in [1.165, 1.54) is 5.56 Å². The number of nitrogens with zero attached hydrogens (tertiary/aromatic N) is 4. The molecule has 0 unspecified atom stereocenters. The second-order valence-electron chi connectivity index (χ2n) is 9.14. The van der Waals surface area contributed by atoms with Gasteiger partial charge in [0.25, 0.3) is 0 Å². The predicted octanol–water partition coefficient (Wildman–Crippen LogP) is 3.45. The third kappa shape index (κ3) is 13.6. The molecule has 30 heavy (non-hydrogen) atoms. The molecule has 1 aromatic rings. The van der Waals surface area contributed by atoms with Crippen molar-refractivity contribution < 1.29 is 22.4 Å². The summed E-state index contributed by atoms with van der Waals surface area (Å²) in [5.74, 6) is 0. The zero-order valence-corrected chi connectivity index (χ0v) is 22.2. The van der Waals surface area contributed by atoms with E-state index in [0.29, 0.717) is 13.1 Å². The van der Waals surface area contributed by atoms with Gasteiger partial charge in [-0.25, -0.2) is 0 Å². The van der Waals surface area contributed by atoms with Crippen LogP contribution in [0.15, 0.2) is 30.3 Å². The van der Waals surface area contributed by atoms with Crippen LogP contribution < -0.4 is 0 Å². The molecule has 169 valence electrons. The topological polar surface area (TPSA) is 51.8 Å². The quantitative estimate of drug-likeness (QED) is 0.407. The molecule has 8 heteroatoms. The molecule has 0 saturated carbocycles. The van der Waals surface area contributed by atoms with Gasteiger partial charge in [0.05, 0.1) is 0 Å². The van der Waals surface area contributed by atoms with Gasteiger partial charge in [-0.2, -0.15) is 29.1 Å². The molecule has 1 aromatic carbocycles. The molecule has 1 aliphatic heterocycles. The molecule has 1 saturated heterocycles. The van der Waals surface area contributed by atoms with Crippen LogP contribution in [0.2, 0.25) is 0 Å². The van der Waals surface area contributed by atoms with E-state index in [1.807, 2.05) is 0 Å². The number of piperazine rings is 1. The first kappa shape index (κ1) is 28.2. The zero-order valence-electron chi connectivity index (χ0n) is 18.7. The minimum atomic E-state index is -0.191. The van der Waals surface area contributed by atoms with Gasteiger partial charge in [0.2, 0.25) is 0 Å². The summed E-state index contributed by atoms with van der Waals surface area (Å²) in [6.45, 7) is 16.8. The summed E-state index contributed by atoms with van der Waals surface area (Å²) >= 11 is 11.8. The van der Waals surface area contributed by atoms with Crippen LogP contribution in [0.25, 0.3) is 10.6 Å². The minimum absolute atomic E-state index is 0.176. The maximum absolute atomic E-state index is 8.22. The molecule has 1 aliphatic rings. The van der Waals surface area contributed by atoms with Crippen LogP contribution in [0.5, 0.6) is 0 Å². The Kier molecular flexibility index (Phi) is 13.5. The molecule has 0 spiro atoms. The van der Waals surface area contributed by atoms with Crippen molar-refractivity contribution in [2.75, 3.05) is 52.4 Å². The van der Waals surface area contributed by atoms with E-state index in [-0.39, 0.29) is 15.5 Å². The van der Waals surface area contributed by atoms with Crippen LogP contribution in [0.3, 0.4) is 0 Å². The van der Waals surface area contributed by atoms with Crippen LogP contribution in [-0.4, -0.2) is 77.7 Å². The molecule has 0 N–H and O–H groups in total. The molecule has 1 heterocycles. The van der Waals surface area contributed by atoms with Crippen molar-refractivity contribution in [1.29, 1.82) is 0 Å². The van der Waals surface area contributed by atoms with E-state index in [4.69, 9.17) is 39.4 Å². The summed E-state index contributed by atoms with van der Waals surface area (Å²) in [5.41, 5.74) is 1.39. The monoisotopic (exact) mass is 535 g/mol. The summed E-state index contributed by atoms with van der Waals surface area (Å²) in [6, 6.07) is 10.9. The van der Waals surface area contributed by atoms with E-state index < -0.39 is 0 Å². The fraction of sp³-hybridized carbons (Fsp3) is 0.727. The van der Waals surface area contributed by atoms with E-state index >= 15 is 0 Å². The second-order valence-corrected chi connectivity index (χ2v) is 11.4. The van der Waals surface area contributed by atoms with Crippen LogP contribution in [-0.2, 0) is 54.2 Å². The van der Waals surface area contributed by atoms with Gasteiger partial charge in [-0.1, -0.05) is 58.0 Å². The van der Waals surface area contributed by atoms with Crippen molar-refractivity contribution in [3.8, 4) is 0 Å². The predicted molar refractivity (Wildman–Crippen MR) is 127 cm³/mol. The Bertz CT molecular complexity index is 573. The normalized spacial score (nSPS) is 17.3. The maximum atomic E-state index is 8.22. The van der Waals surface area contributed by atoms with Gasteiger partial charge in [0.1, 0.15) is 0 Å². The summed E-state index contributed by atoms with van der Waals surface area (Å²) in [6.07, 6.45) is 0. The first-order valence-corrected chi connectivity index (χ1v) is 12.0. The Hall–Kier alpha value is 0.209. The van der Waals surface area contributed by atoms with Gasteiger partial charge in [0, 0.05) is 32.7 Å². The molecule has 0 amide bonds. The number of benzene rings is 1. The molecule has 0 aromatic heterocycles. The summed E-state index contributed by atoms with van der Waals surface area (Å²) in [4.78, 5) is 5.06. The van der Waals surface area contributed by atoms with Crippen LogP contribution in [0.4, 0.5) is 0 Å². The van der Waals surface area contributed by atoms with Gasteiger partial charge in [0.15, 0.2) is 0 Å². The molecular formula is C22H36N4OS2Tc. The molecule has 5 nitrogen and oxygen atoms in total. The fourth-order valence-electron chi connectivity index (χ4n) is 3.27. The standard InChI is InChI=1S/C22H38N4S2.O.Tc/c1-21(2,27)17-23-14-20(24-18-22(3,4)28)16-26-12-10-25(11-13-26)15-19-8-6-5-7-9-19;;/h5-9,20,27-28H,10-18H2,1-4H3;;/q-2;;+4/p-2/t20-;;/m0../s1/i;;1+1. The number of hydrogen-bond acceptors (Lipinski definition) is 5. The Morgan fingerprint density at radius 2 is 1.47 bits per heavy atom. The van der Waals surface area contributed by atoms with Crippen molar-refractivity contribution >= 4 is 25.3 Å². The Morgan fingerprint density at radius 1 is 0.933 bits per heavy atom. The van der Waals surface area contributed by atoms with Crippen molar-refractivity contribution in [3.63, 3.8) is 0 Å². The second kappa shape index (κ2) is 14.4. The summed E-state index contributed by atoms with van der Waals surface area (Å²) in [7, 11) is 0. The molecule has 1 atom stereocenters. The molecule has 1 fully saturated rings. The van der Waals surface area contributed by atoms with E-state index in [2.05, 4.69) is 67.8 Å². The van der Waals surface area contributed by atoms with Gasteiger partial charge in [-0.3, -0.25) is 4.90 Å². The van der Waals surface area contributed by atoms with Crippen LogP contribution in [0, 0.1) is 0 Å².